The molecule has 1 atom stereocenters. The lowest BCUT2D eigenvalue weighted by Gasteiger charge is -2.23. The highest BCUT2D eigenvalue weighted by Crippen LogP contribution is 2.24. The van der Waals surface area contributed by atoms with Gasteiger partial charge in [-0.25, -0.2) is 4.98 Å². The highest BCUT2D eigenvalue weighted by Gasteiger charge is 2.20. The minimum Gasteiger partial charge on any atom is -0.335 e. The highest BCUT2D eigenvalue weighted by molar-refractivity contribution is 5.04. The van der Waals surface area contributed by atoms with Crippen LogP contribution in [0.3, 0.4) is 0 Å². The third-order valence-electron chi connectivity index (χ3n) is 3.57. The summed E-state index contributed by atoms with van der Waals surface area (Å²) in [5.41, 5.74) is 1.11. The lowest BCUT2D eigenvalue weighted by atomic mass is 9.99. The van der Waals surface area contributed by atoms with Gasteiger partial charge in [-0.15, -0.1) is 5.10 Å². The molecule has 3 rings (SSSR count). The number of nitrogens with zero attached hydrogens (tertiary/aromatic N) is 5. The van der Waals surface area contributed by atoms with E-state index >= 15 is 0 Å². The summed E-state index contributed by atoms with van der Waals surface area (Å²) in [6.45, 7) is 2.88. The third-order valence-corrected chi connectivity index (χ3v) is 3.57. The maximum absolute atomic E-state index is 4.46. The molecule has 0 aliphatic carbocycles. The zero-order valence-electron chi connectivity index (χ0n) is 10.6. The summed E-state index contributed by atoms with van der Waals surface area (Å²) in [7, 11) is 1.91. The molecule has 1 N–H and O–H groups in total. The Kier molecular flexibility index (Phi) is 3.10. The van der Waals surface area contributed by atoms with Crippen molar-refractivity contribution >= 4 is 0 Å². The van der Waals surface area contributed by atoms with E-state index in [4.69, 9.17) is 0 Å². The second-order valence-electron chi connectivity index (χ2n) is 4.80. The van der Waals surface area contributed by atoms with Crippen LogP contribution in [0.15, 0.2) is 18.6 Å². The molecule has 0 radical (unpaired) electrons. The molecule has 1 unspecified atom stereocenters. The molecule has 0 saturated heterocycles. The monoisotopic (exact) mass is 246 g/mol. The fourth-order valence-corrected chi connectivity index (χ4v) is 2.55. The van der Waals surface area contributed by atoms with Gasteiger partial charge in [-0.2, -0.15) is 0 Å². The van der Waals surface area contributed by atoms with Crippen LogP contribution >= 0.6 is 0 Å². The first-order valence-corrected chi connectivity index (χ1v) is 6.40. The molecule has 0 spiro atoms. The average molecular weight is 246 g/mol. The van der Waals surface area contributed by atoms with Gasteiger partial charge in [0.15, 0.2) is 0 Å². The van der Waals surface area contributed by atoms with Gasteiger partial charge in [0.05, 0.1) is 11.9 Å². The van der Waals surface area contributed by atoms with Crippen molar-refractivity contribution in [2.24, 2.45) is 7.05 Å². The van der Waals surface area contributed by atoms with Gasteiger partial charge >= 0.3 is 0 Å². The topological polar surface area (TPSA) is 60.6 Å². The van der Waals surface area contributed by atoms with Gasteiger partial charge < -0.3 is 9.88 Å². The van der Waals surface area contributed by atoms with Gasteiger partial charge in [0.2, 0.25) is 0 Å². The number of aromatic nitrogens is 5. The normalized spacial score (nSPS) is 18.8. The maximum atomic E-state index is 4.46. The van der Waals surface area contributed by atoms with E-state index in [9.17, 15) is 0 Å². The Morgan fingerprint density at radius 1 is 1.50 bits per heavy atom. The van der Waals surface area contributed by atoms with Gasteiger partial charge in [0.25, 0.3) is 0 Å². The largest absolute Gasteiger partial charge is 0.335 e. The molecule has 6 heteroatoms. The van der Waals surface area contributed by atoms with Crippen LogP contribution in [0.1, 0.15) is 30.3 Å². The highest BCUT2D eigenvalue weighted by atomic mass is 15.4. The fourth-order valence-electron chi connectivity index (χ4n) is 2.55. The summed E-state index contributed by atoms with van der Waals surface area (Å²) in [6, 6.07) is 0. The van der Waals surface area contributed by atoms with Crippen LogP contribution in [0.5, 0.6) is 0 Å². The van der Waals surface area contributed by atoms with E-state index in [1.54, 1.807) is 10.9 Å². The van der Waals surface area contributed by atoms with E-state index < -0.39 is 0 Å². The van der Waals surface area contributed by atoms with Crippen molar-refractivity contribution in [3.63, 3.8) is 0 Å². The predicted molar refractivity (Wildman–Crippen MR) is 66.9 cm³/mol. The van der Waals surface area contributed by atoms with Gasteiger partial charge in [-0.1, -0.05) is 5.21 Å². The first-order chi connectivity index (χ1) is 8.84. The van der Waals surface area contributed by atoms with E-state index in [1.165, 1.54) is 18.7 Å². The van der Waals surface area contributed by atoms with Crippen molar-refractivity contribution in [1.29, 1.82) is 0 Å². The van der Waals surface area contributed by atoms with E-state index in [0.717, 1.165) is 25.3 Å². The molecule has 96 valence electrons. The Labute approximate surface area is 106 Å². The number of fused-ring (bicyclic) bond motifs is 1. The van der Waals surface area contributed by atoms with E-state index in [-0.39, 0.29) is 0 Å². The molecule has 3 heterocycles. The molecular weight excluding hydrogens is 228 g/mol. The van der Waals surface area contributed by atoms with Crippen molar-refractivity contribution in [3.8, 4) is 0 Å². The summed E-state index contributed by atoms with van der Waals surface area (Å²) >= 11 is 0. The van der Waals surface area contributed by atoms with Crippen LogP contribution < -0.4 is 5.32 Å². The number of rotatable bonds is 4. The Bertz CT molecular complexity index is 514. The molecule has 0 saturated carbocycles. The molecule has 0 fully saturated rings. The van der Waals surface area contributed by atoms with Crippen LogP contribution in [-0.2, 0) is 20.1 Å². The van der Waals surface area contributed by atoms with Crippen molar-refractivity contribution in [2.45, 2.75) is 31.8 Å². The predicted octanol–water partition coefficient (Wildman–Crippen LogP) is 0.679. The number of hydrogen-bond donors (Lipinski definition) is 1. The smallest absolute Gasteiger partial charge is 0.113 e. The van der Waals surface area contributed by atoms with Gasteiger partial charge in [-0.3, -0.25) is 4.68 Å². The van der Waals surface area contributed by atoms with Crippen LogP contribution in [0.2, 0.25) is 0 Å². The average Bonchev–Trinajstić information content (AvgIpc) is 2.99. The van der Waals surface area contributed by atoms with Gasteiger partial charge in [0, 0.05) is 45.0 Å². The second kappa shape index (κ2) is 4.89. The SMILES string of the molecule is Cn1nncc1CNCC1CCCn2ccnc21. The van der Waals surface area contributed by atoms with Crippen LogP contribution in [0, 0.1) is 0 Å². The standard InChI is InChI=1S/C12H18N6/c1-17-11(9-15-16-17)8-13-7-10-3-2-5-18-6-4-14-12(10)18/h4,6,9-10,13H,2-3,5,7-8H2,1H3. The first kappa shape index (κ1) is 11.4. The molecule has 2 aromatic rings. The molecule has 0 aromatic carbocycles. The molecule has 0 bridgehead atoms. The molecular formula is C12H18N6. The van der Waals surface area contributed by atoms with Gasteiger partial charge in [0.1, 0.15) is 5.82 Å². The molecule has 0 amide bonds. The molecule has 6 nitrogen and oxygen atoms in total. The third kappa shape index (κ3) is 2.15. The van der Waals surface area contributed by atoms with Crippen LogP contribution in [0.4, 0.5) is 0 Å². The minimum absolute atomic E-state index is 0.523. The van der Waals surface area contributed by atoms with Crippen LogP contribution in [0.25, 0.3) is 0 Å². The van der Waals surface area contributed by atoms with Crippen molar-refractivity contribution < 1.29 is 0 Å². The summed E-state index contributed by atoms with van der Waals surface area (Å²) in [5.74, 6) is 1.74. The summed E-state index contributed by atoms with van der Waals surface area (Å²) in [6.07, 6.45) is 8.23. The Morgan fingerprint density at radius 3 is 3.28 bits per heavy atom. The minimum atomic E-state index is 0.523. The quantitative estimate of drug-likeness (QED) is 0.861. The Hall–Kier alpha value is -1.69. The van der Waals surface area contributed by atoms with Crippen molar-refractivity contribution in [2.75, 3.05) is 6.54 Å². The van der Waals surface area contributed by atoms with Crippen LogP contribution in [-0.4, -0.2) is 31.1 Å². The molecule has 2 aromatic heterocycles. The molecule has 1 aliphatic heterocycles. The summed E-state index contributed by atoms with van der Waals surface area (Å²) in [4.78, 5) is 4.46. The maximum Gasteiger partial charge on any atom is 0.113 e. The fraction of sp³-hybridized carbons (Fsp3) is 0.583. The second-order valence-corrected chi connectivity index (χ2v) is 4.80. The summed E-state index contributed by atoms with van der Waals surface area (Å²) < 4.78 is 4.07. The number of imidazole rings is 1. The van der Waals surface area contributed by atoms with Gasteiger partial charge in [-0.05, 0) is 12.8 Å². The first-order valence-electron chi connectivity index (χ1n) is 6.40. The van der Waals surface area contributed by atoms with Crippen molar-refractivity contribution in [3.05, 3.63) is 30.1 Å². The molecule has 18 heavy (non-hydrogen) atoms. The van der Waals surface area contributed by atoms with E-state index in [0.29, 0.717) is 5.92 Å². The number of nitrogens with one attached hydrogen (secondary N) is 1. The molecule has 1 aliphatic rings. The number of aryl methyl sites for hydroxylation is 2. The number of hydrogen-bond acceptors (Lipinski definition) is 4. The summed E-state index contributed by atoms with van der Waals surface area (Å²) in [5, 5.41) is 11.3. The lowest BCUT2D eigenvalue weighted by molar-refractivity contribution is 0.420. The van der Waals surface area contributed by atoms with E-state index in [2.05, 4.69) is 31.4 Å². The Morgan fingerprint density at radius 2 is 2.44 bits per heavy atom. The zero-order chi connectivity index (χ0) is 12.4. The van der Waals surface area contributed by atoms with E-state index in [1.807, 2.05) is 13.2 Å². The Balaban J connectivity index is 1.57. The van der Waals surface area contributed by atoms with Crippen molar-refractivity contribution in [1.82, 2.24) is 29.9 Å². The lowest BCUT2D eigenvalue weighted by Crippen LogP contribution is -2.27. The zero-order valence-corrected chi connectivity index (χ0v) is 10.6.